The van der Waals surface area contributed by atoms with Crippen molar-refractivity contribution in [3.05, 3.63) is 53.6 Å². The zero-order chi connectivity index (χ0) is 16.5. The van der Waals surface area contributed by atoms with Crippen molar-refractivity contribution in [2.45, 2.75) is 6.10 Å². The van der Waals surface area contributed by atoms with E-state index in [-0.39, 0.29) is 16.8 Å². The van der Waals surface area contributed by atoms with Gasteiger partial charge >= 0.3 is 0 Å². The maximum absolute atomic E-state index is 14.1. The Hall–Kier alpha value is -2.44. The molecule has 1 fully saturated rings. The molecule has 1 aliphatic rings. The summed E-state index contributed by atoms with van der Waals surface area (Å²) in [6.07, 6.45) is 1.61. The Labute approximate surface area is 142 Å². The summed E-state index contributed by atoms with van der Waals surface area (Å²) < 4.78 is 20.0. The molecule has 4 rings (SSSR count). The van der Waals surface area contributed by atoms with Gasteiger partial charge in [0.1, 0.15) is 24.0 Å². The minimum absolute atomic E-state index is 0.0554. The van der Waals surface area contributed by atoms with E-state index < -0.39 is 5.82 Å². The number of nitrogens with zero attached hydrogens (tertiary/aromatic N) is 2. The van der Waals surface area contributed by atoms with Gasteiger partial charge in [0, 0.05) is 18.5 Å². The molecule has 5 nitrogen and oxygen atoms in total. The summed E-state index contributed by atoms with van der Waals surface area (Å²) in [5.41, 5.74) is 1.01. The first kappa shape index (κ1) is 15.1. The van der Waals surface area contributed by atoms with E-state index >= 15 is 0 Å². The van der Waals surface area contributed by atoms with Crippen molar-refractivity contribution in [1.29, 1.82) is 0 Å². The molecule has 0 saturated carbocycles. The maximum atomic E-state index is 14.1. The van der Waals surface area contributed by atoms with Gasteiger partial charge in [-0.05, 0) is 30.3 Å². The number of benzene rings is 2. The number of aromatic nitrogens is 2. The third-order valence-corrected chi connectivity index (χ3v) is 4.15. The van der Waals surface area contributed by atoms with Gasteiger partial charge in [-0.2, -0.15) is 0 Å². The summed E-state index contributed by atoms with van der Waals surface area (Å²) in [7, 11) is 0. The molecule has 3 aromatic rings. The highest BCUT2D eigenvalue weighted by molar-refractivity contribution is 6.31. The first-order valence-corrected chi connectivity index (χ1v) is 7.92. The van der Waals surface area contributed by atoms with E-state index in [4.69, 9.17) is 16.3 Å². The van der Waals surface area contributed by atoms with E-state index in [0.29, 0.717) is 5.82 Å². The highest BCUT2D eigenvalue weighted by atomic mass is 35.5. The lowest BCUT2D eigenvalue weighted by molar-refractivity contribution is 0.142. The number of fused-ring (bicyclic) bond motifs is 1. The first-order valence-electron chi connectivity index (χ1n) is 7.54. The van der Waals surface area contributed by atoms with Gasteiger partial charge in [0.15, 0.2) is 5.82 Å². The average Bonchev–Trinajstić information content (AvgIpc) is 2.55. The number of hydrogen-bond donors (Lipinski definition) is 2. The standard InChI is InChI=1S/C17H14ClFN4O/c18-13-2-1-3-15(16(13)19)23-17-12-6-10(24-11-7-20-8-11)4-5-14(12)21-9-22-17/h1-6,9,11,20H,7-8H2,(H,21,22,23). The van der Waals surface area contributed by atoms with Crippen LogP contribution in [0.1, 0.15) is 0 Å². The second-order valence-corrected chi connectivity index (χ2v) is 5.93. The van der Waals surface area contributed by atoms with Crippen LogP contribution in [0.3, 0.4) is 0 Å². The van der Waals surface area contributed by atoms with E-state index in [2.05, 4.69) is 20.6 Å². The second kappa shape index (κ2) is 6.22. The smallest absolute Gasteiger partial charge is 0.165 e. The molecule has 0 amide bonds. The molecule has 0 aliphatic carbocycles. The van der Waals surface area contributed by atoms with Crippen LogP contribution in [0.5, 0.6) is 5.75 Å². The number of rotatable bonds is 4. The van der Waals surface area contributed by atoms with E-state index in [9.17, 15) is 4.39 Å². The normalized spacial score (nSPS) is 14.4. The molecule has 122 valence electrons. The molecule has 7 heteroatoms. The highest BCUT2D eigenvalue weighted by Crippen LogP contribution is 2.30. The third kappa shape index (κ3) is 2.86. The molecule has 0 atom stereocenters. The SMILES string of the molecule is Fc1c(Cl)cccc1Nc1ncnc2ccc(OC3CNC3)cc12. The van der Waals surface area contributed by atoms with Crippen molar-refractivity contribution >= 4 is 34.0 Å². The van der Waals surface area contributed by atoms with Gasteiger partial charge in [-0.15, -0.1) is 0 Å². The molecule has 2 N–H and O–H groups in total. The van der Waals surface area contributed by atoms with Gasteiger partial charge in [0.25, 0.3) is 0 Å². The Balaban J connectivity index is 1.71. The van der Waals surface area contributed by atoms with Gasteiger partial charge < -0.3 is 15.4 Å². The van der Waals surface area contributed by atoms with E-state index in [0.717, 1.165) is 29.7 Å². The van der Waals surface area contributed by atoms with Crippen molar-refractivity contribution in [1.82, 2.24) is 15.3 Å². The largest absolute Gasteiger partial charge is 0.488 e. The van der Waals surface area contributed by atoms with Crippen molar-refractivity contribution in [3.63, 3.8) is 0 Å². The fraction of sp³-hybridized carbons (Fsp3) is 0.176. The molecule has 1 aromatic heterocycles. The van der Waals surface area contributed by atoms with Crippen molar-refractivity contribution in [3.8, 4) is 5.75 Å². The Morgan fingerprint density at radius 3 is 2.88 bits per heavy atom. The second-order valence-electron chi connectivity index (χ2n) is 5.53. The van der Waals surface area contributed by atoms with Gasteiger partial charge in [-0.3, -0.25) is 0 Å². The molecule has 1 aliphatic heterocycles. The summed E-state index contributed by atoms with van der Waals surface area (Å²) in [6.45, 7) is 1.67. The first-order chi connectivity index (χ1) is 11.7. The number of hydrogen-bond acceptors (Lipinski definition) is 5. The van der Waals surface area contributed by atoms with Gasteiger partial charge in [0.05, 0.1) is 16.2 Å². The maximum Gasteiger partial charge on any atom is 0.165 e. The zero-order valence-electron chi connectivity index (χ0n) is 12.6. The summed E-state index contributed by atoms with van der Waals surface area (Å²) >= 11 is 5.83. The van der Waals surface area contributed by atoms with Crippen molar-refractivity contribution in [2.24, 2.45) is 0 Å². The molecular weight excluding hydrogens is 331 g/mol. The van der Waals surface area contributed by atoms with E-state index in [1.807, 2.05) is 18.2 Å². The summed E-state index contributed by atoms with van der Waals surface area (Å²) in [5, 5.41) is 6.95. The topological polar surface area (TPSA) is 59.1 Å². The third-order valence-electron chi connectivity index (χ3n) is 3.86. The van der Waals surface area contributed by atoms with Crippen LogP contribution in [0.2, 0.25) is 5.02 Å². The fourth-order valence-corrected chi connectivity index (χ4v) is 2.65. The van der Waals surface area contributed by atoms with Crippen molar-refractivity contribution < 1.29 is 9.13 Å². The van der Waals surface area contributed by atoms with Crippen LogP contribution in [0.15, 0.2) is 42.7 Å². The van der Waals surface area contributed by atoms with Gasteiger partial charge in [-0.1, -0.05) is 17.7 Å². The Bertz CT molecular complexity index is 901. The zero-order valence-corrected chi connectivity index (χ0v) is 13.3. The van der Waals surface area contributed by atoms with Crippen LogP contribution in [-0.4, -0.2) is 29.2 Å². The molecular formula is C17H14ClFN4O. The molecule has 0 bridgehead atoms. The van der Waals surface area contributed by atoms with Crippen LogP contribution >= 0.6 is 11.6 Å². The Morgan fingerprint density at radius 2 is 2.08 bits per heavy atom. The Morgan fingerprint density at radius 1 is 1.21 bits per heavy atom. The molecule has 2 aromatic carbocycles. The molecule has 0 radical (unpaired) electrons. The average molecular weight is 345 g/mol. The fourth-order valence-electron chi connectivity index (χ4n) is 2.47. The van der Waals surface area contributed by atoms with E-state index in [1.54, 1.807) is 12.1 Å². The summed E-state index contributed by atoms with van der Waals surface area (Å²) in [5.74, 6) is 0.718. The predicted molar refractivity (Wildman–Crippen MR) is 91.5 cm³/mol. The van der Waals surface area contributed by atoms with Crippen LogP contribution in [0.25, 0.3) is 10.9 Å². The number of ether oxygens (including phenoxy) is 1. The quantitative estimate of drug-likeness (QED) is 0.758. The van der Waals surface area contributed by atoms with Crippen LogP contribution < -0.4 is 15.4 Å². The molecule has 1 saturated heterocycles. The number of halogens is 2. The molecule has 2 heterocycles. The number of nitrogens with one attached hydrogen (secondary N) is 2. The van der Waals surface area contributed by atoms with Gasteiger partial charge in [0.2, 0.25) is 0 Å². The van der Waals surface area contributed by atoms with Crippen LogP contribution in [-0.2, 0) is 0 Å². The number of anilines is 2. The lowest BCUT2D eigenvalue weighted by Gasteiger charge is -2.27. The summed E-state index contributed by atoms with van der Waals surface area (Å²) in [6, 6.07) is 10.4. The van der Waals surface area contributed by atoms with Crippen molar-refractivity contribution in [2.75, 3.05) is 18.4 Å². The molecule has 0 spiro atoms. The lowest BCUT2D eigenvalue weighted by Crippen LogP contribution is -2.50. The molecule has 24 heavy (non-hydrogen) atoms. The van der Waals surface area contributed by atoms with Gasteiger partial charge in [-0.25, -0.2) is 14.4 Å². The lowest BCUT2D eigenvalue weighted by atomic mass is 10.2. The van der Waals surface area contributed by atoms with Crippen LogP contribution in [0, 0.1) is 5.82 Å². The minimum Gasteiger partial charge on any atom is -0.488 e. The summed E-state index contributed by atoms with van der Waals surface area (Å²) in [4.78, 5) is 8.47. The Kier molecular flexibility index (Phi) is 3.92. The highest BCUT2D eigenvalue weighted by Gasteiger charge is 2.18. The predicted octanol–water partition coefficient (Wildman–Crippen LogP) is 3.52. The molecule has 0 unspecified atom stereocenters. The van der Waals surface area contributed by atoms with Crippen LogP contribution in [0.4, 0.5) is 15.9 Å². The van der Waals surface area contributed by atoms with E-state index in [1.165, 1.54) is 12.4 Å². The minimum atomic E-state index is -0.515. The monoisotopic (exact) mass is 344 g/mol.